The van der Waals surface area contributed by atoms with Gasteiger partial charge in [-0.1, -0.05) is 18.2 Å². The summed E-state index contributed by atoms with van der Waals surface area (Å²) in [6.45, 7) is 11.5. The highest BCUT2D eigenvalue weighted by atomic mass is 16.5. The zero-order valence-electron chi connectivity index (χ0n) is 15.7. The molecule has 0 bridgehead atoms. The van der Waals surface area contributed by atoms with Crippen LogP contribution in [0.1, 0.15) is 12.0 Å². The van der Waals surface area contributed by atoms with Gasteiger partial charge in [-0.05, 0) is 38.1 Å². The van der Waals surface area contributed by atoms with Crippen molar-refractivity contribution in [2.75, 3.05) is 79.2 Å². The van der Waals surface area contributed by atoms with E-state index in [1.165, 1.54) is 12.0 Å². The number of rotatable bonds is 8. The molecule has 140 valence electrons. The van der Waals surface area contributed by atoms with Gasteiger partial charge in [-0.25, -0.2) is 0 Å². The molecule has 0 N–H and O–H groups in total. The minimum atomic E-state index is 0.782. The van der Waals surface area contributed by atoms with Crippen LogP contribution in [0.3, 0.4) is 0 Å². The summed E-state index contributed by atoms with van der Waals surface area (Å²) in [4.78, 5) is 7.39. The monoisotopic (exact) mass is 347 g/mol. The number of hydrogen-bond donors (Lipinski definition) is 0. The molecule has 25 heavy (non-hydrogen) atoms. The highest BCUT2D eigenvalue weighted by molar-refractivity contribution is 5.33. The van der Waals surface area contributed by atoms with Crippen molar-refractivity contribution in [3.8, 4) is 5.75 Å². The number of ether oxygens (including phenoxy) is 2. The maximum atomic E-state index is 6.12. The third-order valence-electron chi connectivity index (χ3n) is 5.26. The third kappa shape index (κ3) is 6.26. The summed E-state index contributed by atoms with van der Waals surface area (Å²) in [5.41, 5.74) is 1.34. The number of piperazine rings is 1. The molecular weight excluding hydrogens is 314 g/mol. The van der Waals surface area contributed by atoms with Crippen LogP contribution in [0, 0.1) is 0 Å². The molecule has 2 fully saturated rings. The number of hydrogen-bond acceptors (Lipinski definition) is 5. The Bertz CT molecular complexity index is 497. The molecule has 1 aromatic rings. The molecule has 5 heteroatoms. The summed E-state index contributed by atoms with van der Waals surface area (Å²) in [7, 11) is 2.20. The molecule has 0 spiro atoms. The first-order valence-electron chi connectivity index (χ1n) is 9.73. The number of nitrogens with zero attached hydrogens (tertiary/aromatic N) is 3. The number of para-hydroxylation sites is 1. The van der Waals surface area contributed by atoms with Crippen LogP contribution >= 0.6 is 0 Å². The summed E-state index contributed by atoms with van der Waals surface area (Å²) in [6, 6.07) is 8.53. The van der Waals surface area contributed by atoms with Gasteiger partial charge in [0.05, 0.1) is 13.2 Å². The summed E-state index contributed by atoms with van der Waals surface area (Å²) in [5.74, 6) is 1.07. The fraction of sp³-hybridized carbons (Fsp3) is 0.700. The van der Waals surface area contributed by atoms with E-state index in [0.717, 1.165) is 84.3 Å². The molecule has 0 radical (unpaired) electrons. The van der Waals surface area contributed by atoms with E-state index in [-0.39, 0.29) is 0 Å². The lowest BCUT2D eigenvalue weighted by molar-refractivity contribution is 0.0374. The van der Waals surface area contributed by atoms with Gasteiger partial charge in [-0.15, -0.1) is 0 Å². The Kier molecular flexibility index (Phi) is 7.55. The van der Waals surface area contributed by atoms with Crippen LogP contribution in [0.2, 0.25) is 0 Å². The smallest absolute Gasteiger partial charge is 0.122 e. The van der Waals surface area contributed by atoms with Crippen molar-refractivity contribution < 1.29 is 9.47 Å². The van der Waals surface area contributed by atoms with Crippen molar-refractivity contribution in [2.45, 2.75) is 12.8 Å². The zero-order valence-corrected chi connectivity index (χ0v) is 15.7. The van der Waals surface area contributed by atoms with Crippen LogP contribution in [0.15, 0.2) is 24.3 Å². The second-order valence-corrected chi connectivity index (χ2v) is 7.16. The first-order valence-corrected chi connectivity index (χ1v) is 9.73. The lowest BCUT2D eigenvalue weighted by Gasteiger charge is -2.32. The van der Waals surface area contributed by atoms with E-state index in [2.05, 4.69) is 46.0 Å². The Labute approximate surface area is 152 Å². The lowest BCUT2D eigenvalue weighted by atomic mass is 10.1. The van der Waals surface area contributed by atoms with Crippen molar-refractivity contribution >= 4 is 0 Å². The van der Waals surface area contributed by atoms with Crippen molar-refractivity contribution in [1.29, 1.82) is 0 Å². The third-order valence-corrected chi connectivity index (χ3v) is 5.26. The van der Waals surface area contributed by atoms with Crippen molar-refractivity contribution in [3.63, 3.8) is 0 Å². The zero-order chi connectivity index (χ0) is 17.3. The number of benzene rings is 1. The Morgan fingerprint density at radius 3 is 2.44 bits per heavy atom. The van der Waals surface area contributed by atoms with E-state index in [4.69, 9.17) is 9.47 Å². The molecule has 2 saturated heterocycles. The van der Waals surface area contributed by atoms with Crippen LogP contribution in [0.5, 0.6) is 5.75 Å². The van der Waals surface area contributed by atoms with E-state index in [0.29, 0.717) is 0 Å². The molecule has 0 amide bonds. The van der Waals surface area contributed by atoms with Crippen molar-refractivity contribution in [2.24, 2.45) is 0 Å². The molecule has 0 aromatic heterocycles. The Balaban J connectivity index is 1.39. The molecule has 2 aliphatic rings. The summed E-state index contributed by atoms with van der Waals surface area (Å²) < 4.78 is 11.5. The van der Waals surface area contributed by atoms with Gasteiger partial charge in [0, 0.05) is 45.8 Å². The summed E-state index contributed by atoms with van der Waals surface area (Å²) in [6.07, 6.45) is 2.26. The van der Waals surface area contributed by atoms with Gasteiger partial charge >= 0.3 is 0 Å². The topological polar surface area (TPSA) is 28.2 Å². The fourth-order valence-electron chi connectivity index (χ4n) is 3.53. The van der Waals surface area contributed by atoms with Crippen LogP contribution in [-0.4, -0.2) is 93.9 Å². The quantitative estimate of drug-likeness (QED) is 0.712. The SMILES string of the molecule is CN1CCN(CCOc2ccccc2CCCN2CCOCC2)CC1. The fourth-order valence-corrected chi connectivity index (χ4v) is 3.53. The Morgan fingerprint density at radius 1 is 0.920 bits per heavy atom. The second kappa shape index (κ2) is 10.1. The van der Waals surface area contributed by atoms with Gasteiger partial charge in [-0.2, -0.15) is 0 Å². The van der Waals surface area contributed by atoms with Crippen LogP contribution in [0.4, 0.5) is 0 Å². The largest absolute Gasteiger partial charge is 0.492 e. The first-order chi connectivity index (χ1) is 12.3. The molecule has 0 atom stereocenters. The number of aryl methyl sites for hydroxylation is 1. The molecule has 5 nitrogen and oxygen atoms in total. The van der Waals surface area contributed by atoms with Crippen molar-refractivity contribution in [1.82, 2.24) is 14.7 Å². The molecule has 0 unspecified atom stereocenters. The predicted molar refractivity (Wildman–Crippen MR) is 101 cm³/mol. The number of likely N-dealkylation sites (N-methyl/N-ethyl adjacent to an activating group) is 1. The van der Waals surface area contributed by atoms with Gasteiger partial charge in [0.15, 0.2) is 0 Å². The standard InChI is InChI=1S/C20H33N3O2/c1-21-9-11-23(12-10-21)15-18-25-20-7-3-2-5-19(20)6-4-8-22-13-16-24-17-14-22/h2-3,5,7H,4,6,8-18H2,1H3. The highest BCUT2D eigenvalue weighted by Gasteiger charge is 2.14. The lowest BCUT2D eigenvalue weighted by Crippen LogP contribution is -2.45. The summed E-state index contributed by atoms with van der Waals surface area (Å²) >= 11 is 0. The molecule has 2 aliphatic heterocycles. The molecule has 0 saturated carbocycles. The van der Waals surface area contributed by atoms with Crippen LogP contribution in [0.25, 0.3) is 0 Å². The Morgan fingerprint density at radius 2 is 1.64 bits per heavy atom. The molecule has 1 aromatic carbocycles. The normalized spacial score (nSPS) is 20.7. The van der Waals surface area contributed by atoms with Gasteiger partial charge in [0.25, 0.3) is 0 Å². The average molecular weight is 348 g/mol. The predicted octanol–water partition coefficient (Wildman–Crippen LogP) is 1.58. The van der Waals surface area contributed by atoms with Crippen LogP contribution < -0.4 is 4.74 Å². The van der Waals surface area contributed by atoms with E-state index in [9.17, 15) is 0 Å². The molecule has 2 heterocycles. The van der Waals surface area contributed by atoms with Crippen molar-refractivity contribution in [3.05, 3.63) is 29.8 Å². The summed E-state index contributed by atoms with van der Waals surface area (Å²) in [5, 5.41) is 0. The molecule has 3 rings (SSSR count). The molecular formula is C20H33N3O2. The van der Waals surface area contributed by atoms with E-state index in [1.807, 2.05) is 0 Å². The van der Waals surface area contributed by atoms with Gasteiger partial charge in [0.2, 0.25) is 0 Å². The van der Waals surface area contributed by atoms with Gasteiger partial charge in [-0.3, -0.25) is 9.80 Å². The Hall–Kier alpha value is -1.14. The average Bonchev–Trinajstić information content (AvgIpc) is 2.65. The van der Waals surface area contributed by atoms with E-state index in [1.54, 1.807) is 0 Å². The maximum absolute atomic E-state index is 6.12. The highest BCUT2D eigenvalue weighted by Crippen LogP contribution is 2.20. The minimum Gasteiger partial charge on any atom is -0.492 e. The van der Waals surface area contributed by atoms with Gasteiger partial charge in [0.1, 0.15) is 12.4 Å². The molecule has 0 aliphatic carbocycles. The van der Waals surface area contributed by atoms with Crippen LogP contribution in [-0.2, 0) is 11.2 Å². The number of morpholine rings is 1. The minimum absolute atomic E-state index is 0.782. The first kappa shape index (κ1) is 18.6. The maximum Gasteiger partial charge on any atom is 0.122 e. The van der Waals surface area contributed by atoms with Gasteiger partial charge < -0.3 is 14.4 Å². The second-order valence-electron chi connectivity index (χ2n) is 7.16. The van der Waals surface area contributed by atoms with E-state index >= 15 is 0 Å². The van der Waals surface area contributed by atoms with E-state index < -0.39 is 0 Å².